The topological polar surface area (TPSA) is 55.4 Å². The molecule has 1 aliphatic heterocycles. The van der Waals surface area contributed by atoms with Crippen LogP contribution in [-0.2, 0) is 14.3 Å². The van der Waals surface area contributed by atoms with Gasteiger partial charge in [-0.15, -0.1) is 23.5 Å². The highest BCUT2D eigenvalue weighted by molar-refractivity contribution is 8.21. The third-order valence-electron chi connectivity index (χ3n) is 6.00. The molecule has 0 aromatic heterocycles. The number of hydrogen-bond donors (Lipinski definition) is 1. The lowest BCUT2D eigenvalue weighted by Gasteiger charge is -2.51. The summed E-state index contributed by atoms with van der Waals surface area (Å²) in [7, 11) is 0. The summed E-state index contributed by atoms with van der Waals surface area (Å²) in [6, 6.07) is 3.09. The Labute approximate surface area is 171 Å². The number of carbonyl (C=O) groups is 2. The molecule has 3 fully saturated rings. The summed E-state index contributed by atoms with van der Waals surface area (Å²) >= 11 is 4.16. The van der Waals surface area contributed by atoms with Crippen LogP contribution in [0.4, 0.5) is 14.5 Å². The van der Waals surface area contributed by atoms with Gasteiger partial charge >= 0.3 is 5.97 Å². The van der Waals surface area contributed by atoms with Crippen LogP contribution in [0.5, 0.6) is 0 Å². The van der Waals surface area contributed by atoms with Crippen molar-refractivity contribution in [1.82, 2.24) is 0 Å². The van der Waals surface area contributed by atoms with E-state index in [4.69, 9.17) is 4.74 Å². The summed E-state index contributed by atoms with van der Waals surface area (Å²) in [4.78, 5) is 24.5. The molecule has 4 nitrogen and oxygen atoms in total. The maximum absolute atomic E-state index is 13.2. The third kappa shape index (κ3) is 3.90. The van der Waals surface area contributed by atoms with E-state index in [1.807, 2.05) is 0 Å². The second kappa shape index (κ2) is 8.22. The Hall–Kier alpha value is -1.28. The number of hydrogen-bond acceptors (Lipinski definition) is 5. The van der Waals surface area contributed by atoms with Crippen LogP contribution in [0.3, 0.4) is 0 Å². The minimum Gasteiger partial charge on any atom is -0.455 e. The summed E-state index contributed by atoms with van der Waals surface area (Å²) in [5, 5.41) is 2.42. The lowest BCUT2D eigenvalue weighted by molar-refractivity contribution is -0.154. The van der Waals surface area contributed by atoms with Gasteiger partial charge < -0.3 is 10.1 Å². The molecular weight excluding hydrogens is 404 g/mol. The van der Waals surface area contributed by atoms with Gasteiger partial charge in [-0.25, -0.2) is 8.78 Å². The molecule has 1 N–H and O–H groups in total. The van der Waals surface area contributed by atoms with E-state index in [1.165, 1.54) is 24.0 Å². The van der Waals surface area contributed by atoms with Gasteiger partial charge in [-0.1, -0.05) is 6.42 Å². The van der Waals surface area contributed by atoms with E-state index in [0.717, 1.165) is 37.8 Å². The Morgan fingerprint density at radius 1 is 1.11 bits per heavy atom. The van der Waals surface area contributed by atoms with Crippen LogP contribution in [0, 0.1) is 29.4 Å². The highest BCUT2D eigenvalue weighted by Gasteiger charge is 2.55. The number of thioether (sulfide) groups is 2. The Bertz CT molecular complexity index is 754. The van der Waals surface area contributed by atoms with E-state index < -0.39 is 24.1 Å². The Balaban J connectivity index is 1.30. The van der Waals surface area contributed by atoms with E-state index >= 15 is 0 Å². The predicted octanol–water partition coefficient (Wildman–Crippen LogP) is 4.45. The van der Waals surface area contributed by atoms with Gasteiger partial charge in [-0.2, -0.15) is 0 Å². The molecule has 28 heavy (non-hydrogen) atoms. The third-order valence-corrected chi connectivity index (χ3v) is 10.0. The van der Waals surface area contributed by atoms with Gasteiger partial charge in [-0.05, 0) is 49.7 Å². The van der Waals surface area contributed by atoms with Gasteiger partial charge in [0.05, 0.1) is 10.00 Å². The Kier molecular flexibility index (Phi) is 5.88. The molecular formula is C20H23F2NO3S2. The van der Waals surface area contributed by atoms with Crippen molar-refractivity contribution in [3.8, 4) is 0 Å². The normalized spacial score (nSPS) is 28.1. The van der Waals surface area contributed by atoms with Crippen LogP contribution >= 0.6 is 23.5 Å². The number of rotatable bonds is 4. The molecule has 1 amide bonds. The fourth-order valence-electron chi connectivity index (χ4n) is 4.83. The second-order valence-electron chi connectivity index (χ2n) is 7.70. The predicted molar refractivity (Wildman–Crippen MR) is 107 cm³/mol. The quantitative estimate of drug-likeness (QED) is 0.720. The molecule has 0 radical (unpaired) electrons. The number of amides is 1. The highest BCUT2D eigenvalue weighted by atomic mass is 32.2. The number of carbonyl (C=O) groups excluding carboxylic acids is 2. The lowest BCUT2D eigenvalue weighted by atomic mass is 9.67. The number of ether oxygens (including phenoxy) is 1. The fourth-order valence-corrected chi connectivity index (χ4v) is 8.76. The van der Waals surface area contributed by atoms with Crippen LogP contribution in [0.25, 0.3) is 0 Å². The van der Waals surface area contributed by atoms with Gasteiger partial charge in [0.2, 0.25) is 0 Å². The summed E-state index contributed by atoms with van der Waals surface area (Å²) in [5.41, 5.74) is 0.129. The number of anilines is 1. The van der Waals surface area contributed by atoms with Crippen molar-refractivity contribution in [2.24, 2.45) is 17.8 Å². The Morgan fingerprint density at radius 2 is 1.79 bits per heavy atom. The first kappa shape index (κ1) is 20.0. The maximum atomic E-state index is 13.2. The van der Waals surface area contributed by atoms with Crippen LogP contribution in [-0.4, -0.2) is 34.1 Å². The highest BCUT2D eigenvalue weighted by Crippen LogP contribution is 2.64. The van der Waals surface area contributed by atoms with Crippen molar-refractivity contribution in [3.05, 3.63) is 29.8 Å². The van der Waals surface area contributed by atoms with Gasteiger partial charge in [-0.3, -0.25) is 9.59 Å². The molecule has 1 aromatic carbocycles. The van der Waals surface area contributed by atoms with E-state index in [1.54, 1.807) is 0 Å². The number of benzene rings is 1. The van der Waals surface area contributed by atoms with E-state index in [-0.39, 0.29) is 17.6 Å². The average molecular weight is 428 g/mol. The molecule has 4 rings (SSSR count). The molecule has 1 heterocycles. The van der Waals surface area contributed by atoms with Crippen molar-refractivity contribution in [3.63, 3.8) is 0 Å². The molecule has 152 valence electrons. The average Bonchev–Trinajstić information content (AvgIpc) is 3.12. The van der Waals surface area contributed by atoms with Crippen LogP contribution in [0.15, 0.2) is 18.2 Å². The minimum atomic E-state index is -1.04. The molecule has 1 spiro atoms. The van der Waals surface area contributed by atoms with Crippen molar-refractivity contribution >= 4 is 41.1 Å². The zero-order valence-electron chi connectivity index (χ0n) is 15.4. The first-order valence-corrected chi connectivity index (χ1v) is 11.6. The van der Waals surface area contributed by atoms with Crippen LogP contribution < -0.4 is 5.32 Å². The van der Waals surface area contributed by atoms with Gasteiger partial charge in [0.25, 0.3) is 5.91 Å². The van der Waals surface area contributed by atoms with Crippen LogP contribution in [0.2, 0.25) is 0 Å². The van der Waals surface area contributed by atoms with E-state index in [9.17, 15) is 18.4 Å². The van der Waals surface area contributed by atoms with Gasteiger partial charge in [0.15, 0.2) is 18.2 Å². The zero-order valence-corrected chi connectivity index (χ0v) is 17.1. The molecule has 2 aliphatic carbocycles. The summed E-state index contributed by atoms with van der Waals surface area (Å²) < 4.78 is 31.7. The van der Waals surface area contributed by atoms with E-state index in [0.29, 0.717) is 15.9 Å². The van der Waals surface area contributed by atoms with E-state index in [2.05, 4.69) is 28.8 Å². The minimum absolute atomic E-state index is 0.129. The molecule has 1 saturated heterocycles. The van der Waals surface area contributed by atoms with Gasteiger partial charge in [0.1, 0.15) is 0 Å². The number of halogens is 2. The van der Waals surface area contributed by atoms with Crippen LogP contribution in [0.1, 0.15) is 32.1 Å². The van der Waals surface area contributed by atoms with Crippen molar-refractivity contribution in [2.75, 3.05) is 23.4 Å². The first-order chi connectivity index (χ1) is 13.5. The molecule has 3 aliphatic rings. The summed E-state index contributed by atoms with van der Waals surface area (Å²) in [6.45, 7) is -0.418. The molecule has 1 aromatic rings. The monoisotopic (exact) mass is 427 g/mol. The van der Waals surface area contributed by atoms with Crippen molar-refractivity contribution < 1.29 is 23.1 Å². The standard InChI is InChI=1S/C20H23F2NO3S2/c21-16-5-4-15(10-17(16)22)23-18(24)11-26-19(25)12-8-13-2-1-3-14(9-12)20(13)27-6-7-28-20/h4-5,10,12-14H,1-3,6-9,11H2,(H,23,24)/t12?,13-,14+. The lowest BCUT2D eigenvalue weighted by Crippen LogP contribution is -2.48. The largest absolute Gasteiger partial charge is 0.455 e. The smallest absolute Gasteiger partial charge is 0.309 e. The molecule has 8 heteroatoms. The zero-order chi connectivity index (χ0) is 19.7. The molecule has 3 atom stereocenters. The SMILES string of the molecule is O=C(COC(=O)C1C[C@H]2CCC[C@@H](C1)C21SCCS1)Nc1ccc(F)c(F)c1. The molecule has 2 bridgehead atoms. The maximum Gasteiger partial charge on any atom is 0.309 e. The summed E-state index contributed by atoms with van der Waals surface area (Å²) in [6.07, 6.45) is 5.23. The first-order valence-electron chi connectivity index (χ1n) is 9.67. The van der Waals surface area contributed by atoms with Crippen molar-refractivity contribution in [2.45, 2.75) is 36.2 Å². The fraction of sp³-hybridized carbons (Fsp3) is 0.600. The number of esters is 1. The van der Waals surface area contributed by atoms with Crippen molar-refractivity contribution in [1.29, 1.82) is 0 Å². The van der Waals surface area contributed by atoms with Gasteiger partial charge in [0, 0.05) is 23.3 Å². The number of nitrogens with one attached hydrogen (secondary N) is 1. The molecule has 1 unspecified atom stereocenters. The second-order valence-corrected chi connectivity index (χ2v) is 10.7. The molecule has 2 saturated carbocycles. The Morgan fingerprint density at radius 3 is 2.43 bits per heavy atom. The summed E-state index contributed by atoms with van der Waals surface area (Å²) in [5.74, 6) is 0.391.